The van der Waals surface area contributed by atoms with E-state index in [0.29, 0.717) is 6.42 Å². The highest BCUT2D eigenvalue weighted by molar-refractivity contribution is 5.95. The van der Waals surface area contributed by atoms with Crippen LogP contribution in [0.25, 0.3) is 0 Å². The van der Waals surface area contributed by atoms with Crippen LogP contribution in [0.4, 0.5) is 4.79 Å². The standard InChI is InChI=1S/C18H19NO5/c1-23-17(21)15-10-13-14(8-5-9-16(13)20)19(15)18(22)24-11-12-6-3-2-4-7-12/h2-7,9,13-15H,8,10-11H2,1H3/t13-,14-,15-/m0/s1. The molecule has 0 aromatic heterocycles. The van der Waals surface area contributed by atoms with Gasteiger partial charge in [0.05, 0.1) is 7.11 Å². The predicted molar refractivity (Wildman–Crippen MR) is 84.9 cm³/mol. The Kier molecular flexibility index (Phi) is 4.64. The van der Waals surface area contributed by atoms with Crippen molar-refractivity contribution >= 4 is 17.8 Å². The molecule has 0 saturated carbocycles. The van der Waals surface area contributed by atoms with Crippen LogP contribution in [0.15, 0.2) is 42.5 Å². The second kappa shape index (κ2) is 6.86. The Hall–Kier alpha value is -2.63. The average molecular weight is 329 g/mol. The molecule has 6 nitrogen and oxygen atoms in total. The molecule has 1 fully saturated rings. The lowest BCUT2D eigenvalue weighted by atomic mass is 9.88. The topological polar surface area (TPSA) is 72.9 Å². The number of ketones is 1. The molecule has 6 heteroatoms. The van der Waals surface area contributed by atoms with Gasteiger partial charge in [-0.15, -0.1) is 0 Å². The third-order valence-corrected chi connectivity index (χ3v) is 4.55. The first-order chi connectivity index (χ1) is 11.6. The first-order valence-corrected chi connectivity index (χ1v) is 7.89. The van der Waals surface area contributed by atoms with Crippen molar-refractivity contribution in [2.24, 2.45) is 5.92 Å². The monoisotopic (exact) mass is 329 g/mol. The zero-order valence-electron chi connectivity index (χ0n) is 13.4. The van der Waals surface area contributed by atoms with Crippen LogP contribution in [-0.4, -0.2) is 41.9 Å². The maximum Gasteiger partial charge on any atom is 0.411 e. The fourth-order valence-corrected chi connectivity index (χ4v) is 3.37. The Morgan fingerprint density at radius 3 is 2.71 bits per heavy atom. The third kappa shape index (κ3) is 3.04. The Morgan fingerprint density at radius 2 is 2.00 bits per heavy atom. The molecule has 126 valence electrons. The number of likely N-dealkylation sites (tertiary alicyclic amines) is 1. The van der Waals surface area contributed by atoms with Crippen molar-refractivity contribution in [2.75, 3.05) is 7.11 Å². The summed E-state index contributed by atoms with van der Waals surface area (Å²) in [5.41, 5.74) is 0.857. The number of methoxy groups -OCH3 is 1. The minimum atomic E-state index is -0.780. The summed E-state index contributed by atoms with van der Waals surface area (Å²) in [6, 6.07) is 8.17. The molecule has 3 rings (SSSR count). The largest absolute Gasteiger partial charge is 0.467 e. The number of hydrogen-bond donors (Lipinski definition) is 0. The summed E-state index contributed by atoms with van der Waals surface area (Å²) < 4.78 is 10.2. The van der Waals surface area contributed by atoms with Gasteiger partial charge in [-0.1, -0.05) is 36.4 Å². The highest BCUT2D eigenvalue weighted by Crippen LogP contribution is 2.36. The van der Waals surface area contributed by atoms with Gasteiger partial charge < -0.3 is 9.47 Å². The maximum absolute atomic E-state index is 12.6. The third-order valence-electron chi connectivity index (χ3n) is 4.55. The van der Waals surface area contributed by atoms with E-state index in [2.05, 4.69) is 0 Å². The quantitative estimate of drug-likeness (QED) is 0.794. The molecule has 1 aliphatic carbocycles. The van der Waals surface area contributed by atoms with E-state index in [4.69, 9.17) is 9.47 Å². The molecule has 24 heavy (non-hydrogen) atoms. The second-order valence-corrected chi connectivity index (χ2v) is 5.94. The van der Waals surface area contributed by atoms with Gasteiger partial charge in [0.15, 0.2) is 5.78 Å². The Balaban J connectivity index is 1.76. The minimum absolute atomic E-state index is 0.0569. The molecular weight excluding hydrogens is 310 g/mol. The summed E-state index contributed by atoms with van der Waals surface area (Å²) in [6.45, 7) is 0.116. The van der Waals surface area contributed by atoms with Crippen LogP contribution in [0.1, 0.15) is 18.4 Å². The van der Waals surface area contributed by atoms with Crippen molar-refractivity contribution in [3.8, 4) is 0 Å². The van der Waals surface area contributed by atoms with E-state index in [0.717, 1.165) is 5.56 Å². The lowest BCUT2D eigenvalue weighted by Gasteiger charge is -2.30. The summed E-state index contributed by atoms with van der Waals surface area (Å²) in [4.78, 5) is 38.1. The van der Waals surface area contributed by atoms with Crippen LogP contribution >= 0.6 is 0 Å². The van der Waals surface area contributed by atoms with Gasteiger partial charge in [0.2, 0.25) is 0 Å². The van der Waals surface area contributed by atoms with E-state index in [1.165, 1.54) is 18.1 Å². The number of benzene rings is 1. The molecule has 0 spiro atoms. The lowest BCUT2D eigenvalue weighted by Crippen LogP contribution is -2.47. The number of ether oxygens (including phenoxy) is 2. The number of carbonyl (C=O) groups is 3. The van der Waals surface area contributed by atoms with E-state index in [1.807, 2.05) is 30.3 Å². The lowest BCUT2D eigenvalue weighted by molar-refractivity contribution is -0.145. The SMILES string of the molecule is COC(=O)[C@@H]1C[C@@H]2C(=O)C=CC[C@@H]2N1C(=O)OCc1ccccc1. The second-order valence-electron chi connectivity index (χ2n) is 5.94. The minimum Gasteiger partial charge on any atom is -0.467 e. The van der Waals surface area contributed by atoms with Crippen LogP contribution in [0.5, 0.6) is 0 Å². The fourth-order valence-electron chi connectivity index (χ4n) is 3.37. The van der Waals surface area contributed by atoms with E-state index < -0.39 is 18.1 Å². The van der Waals surface area contributed by atoms with Crippen molar-refractivity contribution < 1.29 is 23.9 Å². The summed E-state index contributed by atoms with van der Waals surface area (Å²) in [6.07, 6.45) is 3.48. The molecule has 0 bridgehead atoms. The number of hydrogen-bond acceptors (Lipinski definition) is 5. The van der Waals surface area contributed by atoms with Crippen molar-refractivity contribution in [3.05, 3.63) is 48.0 Å². The van der Waals surface area contributed by atoms with E-state index in [-0.39, 0.29) is 30.8 Å². The van der Waals surface area contributed by atoms with Gasteiger partial charge in [0, 0.05) is 12.0 Å². The van der Waals surface area contributed by atoms with Crippen LogP contribution in [0.2, 0.25) is 0 Å². The summed E-state index contributed by atoms with van der Waals surface area (Å²) >= 11 is 0. The molecule has 3 atom stereocenters. The zero-order valence-corrected chi connectivity index (χ0v) is 13.4. The van der Waals surface area contributed by atoms with E-state index in [9.17, 15) is 14.4 Å². The van der Waals surface area contributed by atoms with Crippen LogP contribution in [0.3, 0.4) is 0 Å². The van der Waals surface area contributed by atoms with Crippen LogP contribution in [-0.2, 0) is 25.7 Å². The zero-order chi connectivity index (χ0) is 17.1. The van der Waals surface area contributed by atoms with E-state index in [1.54, 1.807) is 6.08 Å². The number of esters is 1. The van der Waals surface area contributed by atoms with Gasteiger partial charge >= 0.3 is 12.1 Å². The fraction of sp³-hybridized carbons (Fsp3) is 0.389. The number of fused-ring (bicyclic) bond motifs is 1. The van der Waals surface area contributed by atoms with Gasteiger partial charge in [0.1, 0.15) is 12.6 Å². The number of rotatable bonds is 3. The highest BCUT2D eigenvalue weighted by Gasteiger charge is 2.50. The van der Waals surface area contributed by atoms with Gasteiger partial charge in [-0.3, -0.25) is 9.69 Å². The van der Waals surface area contributed by atoms with Gasteiger partial charge in [0.25, 0.3) is 0 Å². The maximum atomic E-state index is 12.6. The number of amides is 1. The van der Waals surface area contributed by atoms with Crippen molar-refractivity contribution in [1.82, 2.24) is 4.90 Å². The molecule has 2 aliphatic rings. The molecule has 0 unspecified atom stereocenters. The van der Waals surface area contributed by atoms with Crippen LogP contribution < -0.4 is 0 Å². The Bertz CT molecular complexity index is 669. The predicted octanol–water partition coefficient (Wildman–Crippen LogP) is 2.08. The van der Waals surface area contributed by atoms with Crippen molar-refractivity contribution in [3.63, 3.8) is 0 Å². The van der Waals surface area contributed by atoms with Crippen LogP contribution in [0, 0.1) is 5.92 Å². The summed E-state index contributed by atoms with van der Waals surface area (Å²) in [7, 11) is 1.28. The number of carbonyl (C=O) groups excluding carboxylic acids is 3. The number of nitrogens with zero attached hydrogens (tertiary/aromatic N) is 1. The van der Waals surface area contributed by atoms with Gasteiger partial charge in [-0.05, 0) is 24.5 Å². The molecule has 1 amide bonds. The van der Waals surface area contributed by atoms with Crippen molar-refractivity contribution in [1.29, 1.82) is 0 Å². The molecule has 1 aliphatic heterocycles. The molecular formula is C18H19NO5. The molecule has 1 heterocycles. The normalized spacial score (nSPS) is 25.3. The highest BCUT2D eigenvalue weighted by atomic mass is 16.6. The van der Waals surface area contributed by atoms with E-state index >= 15 is 0 Å². The molecule has 1 aromatic rings. The van der Waals surface area contributed by atoms with Gasteiger partial charge in [-0.2, -0.15) is 0 Å². The number of allylic oxidation sites excluding steroid dienone is 1. The molecule has 1 saturated heterocycles. The summed E-state index contributed by atoms with van der Waals surface area (Å²) in [5.74, 6) is -0.948. The first-order valence-electron chi connectivity index (χ1n) is 7.89. The molecule has 0 N–H and O–H groups in total. The molecule has 0 radical (unpaired) electrons. The summed E-state index contributed by atoms with van der Waals surface area (Å²) in [5, 5.41) is 0. The Labute approximate surface area is 140 Å². The first kappa shape index (κ1) is 16.2. The Morgan fingerprint density at radius 1 is 1.25 bits per heavy atom. The average Bonchev–Trinajstić information content (AvgIpc) is 3.01. The van der Waals surface area contributed by atoms with Crippen molar-refractivity contribution in [2.45, 2.75) is 31.5 Å². The van der Waals surface area contributed by atoms with Gasteiger partial charge in [-0.25, -0.2) is 9.59 Å². The molecule has 1 aromatic carbocycles. The smallest absolute Gasteiger partial charge is 0.411 e.